The maximum absolute atomic E-state index is 5.46. The maximum Gasteiger partial charge on any atom is 0.119 e. The molecule has 20 heavy (non-hydrogen) atoms. The Morgan fingerprint density at radius 3 is 2.45 bits per heavy atom. The number of methoxy groups -OCH3 is 1. The van der Waals surface area contributed by atoms with Crippen molar-refractivity contribution in [3.05, 3.63) is 58.7 Å². The molecule has 0 amide bonds. The summed E-state index contributed by atoms with van der Waals surface area (Å²) in [6.07, 6.45) is 0. The van der Waals surface area contributed by atoms with Crippen LogP contribution in [0.1, 0.15) is 5.56 Å². The van der Waals surface area contributed by atoms with Crippen molar-refractivity contribution in [2.24, 2.45) is 0 Å². The van der Waals surface area contributed by atoms with Gasteiger partial charge in [0.1, 0.15) is 10.4 Å². The van der Waals surface area contributed by atoms with E-state index in [1.807, 2.05) is 18.2 Å². The Kier molecular flexibility index (Phi) is 3.28. The number of aryl methyl sites for hydroxylation is 1. The summed E-state index contributed by atoms with van der Waals surface area (Å²) >= 11 is 5.46. The average Bonchev–Trinajstić information content (AvgIpc) is 2.47. The molecule has 3 heteroatoms. The summed E-state index contributed by atoms with van der Waals surface area (Å²) in [5.74, 6) is 0.820. The molecule has 0 radical (unpaired) electrons. The zero-order valence-corrected chi connectivity index (χ0v) is 12.3. The number of rotatable bonds is 2. The molecule has 2 aromatic carbocycles. The number of hydrogen-bond donors (Lipinski definition) is 1. The van der Waals surface area contributed by atoms with E-state index in [0.717, 1.165) is 32.4 Å². The fourth-order valence-electron chi connectivity index (χ4n) is 2.25. The number of hydrogen-bond acceptors (Lipinski definition) is 2. The number of pyridine rings is 1. The van der Waals surface area contributed by atoms with E-state index in [-0.39, 0.29) is 0 Å². The van der Waals surface area contributed by atoms with Crippen LogP contribution in [-0.2, 0) is 0 Å². The number of benzene rings is 2. The lowest BCUT2D eigenvalue weighted by atomic mass is 10.1. The van der Waals surface area contributed by atoms with Crippen LogP contribution < -0.4 is 4.74 Å². The van der Waals surface area contributed by atoms with E-state index < -0.39 is 0 Å². The SMILES string of the molecule is COc1ccc2cc(-c3ccc(C)cc3)[nH]c(=S)c2c1. The van der Waals surface area contributed by atoms with Gasteiger partial charge in [0.25, 0.3) is 0 Å². The second-order valence-electron chi connectivity index (χ2n) is 4.83. The second-order valence-corrected chi connectivity index (χ2v) is 5.24. The van der Waals surface area contributed by atoms with Gasteiger partial charge < -0.3 is 9.72 Å². The van der Waals surface area contributed by atoms with Gasteiger partial charge in [-0.1, -0.05) is 48.1 Å². The van der Waals surface area contributed by atoms with Gasteiger partial charge >= 0.3 is 0 Å². The standard InChI is InChI=1S/C17H15NOS/c1-11-3-5-12(6-4-11)16-9-13-7-8-14(19-2)10-15(13)17(20)18-16/h3-10H,1-2H3,(H,18,20). The predicted molar refractivity (Wildman–Crippen MR) is 85.9 cm³/mol. The number of ether oxygens (including phenoxy) is 1. The van der Waals surface area contributed by atoms with Crippen molar-refractivity contribution in [1.82, 2.24) is 4.98 Å². The molecule has 100 valence electrons. The summed E-state index contributed by atoms with van der Waals surface area (Å²) in [5, 5.41) is 2.13. The number of aromatic nitrogens is 1. The summed E-state index contributed by atoms with van der Waals surface area (Å²) in [5.41, 5.74) is 3.42. The topological polar surface area (TPSA) is 25.0 Å². The summed E-state index contributed by atoms with van der Waals surface area (Å²) < 4.78 is 5.98. The van der Waals surface area contributed by atoms with Crippen molar-refractivity contribution in [3.8, 4) is 17.0 Å². The molecule has 1 N–H and O–H groups in total. The van der Waals surface area contributed by atoms with Crippen molar-refractivity contribution < 1.29 is 4.74 Å². The minimum Gasteiger partial charge on any atom is -0.497 e. The van der Waals surface area contributed by atoms with Gasteiger partial charge in [0, 0.05) is 11.1 Å². The zero-order valence-electron chi connectivity index (χ0n) is 11.4. The molecule has 0 spiro atoms. The van der Waals surface area contributed by atoms with Gasteiger partial charge in [0.05, 0.1) is 7.11 Å². The second kappa shape index (κ2) is 5.10. The zero-order chi connectivity index (χ0) is 14.1. The summed E-state index contributed by atoms with van der Waals surface area (Å²) in [6, 6.07) is 16.5. The van der Waals surface area contributed by atoms with Gasteiger partial charge in [-0.25, -0.2) is 0 Å². The quantitative estimate of drug-likeness (QED) is 0.677. The molecule has 3 aromatic rings. The van der Waals surface area contributed by atoms with Crippen LogP contribution in [0.4, 0.5) is 0 Å². The van der Waals surface area contributed by atoms with E-state index in [1.54, 1.807) is 7.11 Å². The van der Waals surface area contributed by atoms with Gasteiger partial charge in [0.2, 0.25) is 0 Å². The summed E-state index contributed by atoms with van der Waals surface area (Å²) in [7, 11) is 1.66. The van der Waals surface area contributed by atoms with E-state index in [1.165, 1.54) is 5.56 Å². The van der Waals surface area contributed by atoms with Crippen LogP contribution >= 0.6 is 12.2 Å². The van der Waals surface area contributed by atoms with E-state index in [0.29, 0.717) is 0 Å². The van der Waals surface area contributed by atoms with E-state index >= 15 is 0 Å². The molecule has 0 aliphatic carbocycles. The van der Waals surface area contributed by atoms with Crippen molar-refractivity contribution in [2.45, 2.75) is 6.92 Å². The van der Waals surface area contributed by atoms with Crippen LogP contribution in [0.5, 0.6) is 5.75 Å². The first-order valence-electron chi connectivity index (χ1n) is 6.45. The largest absolute Gasteiger partial charge is 0.497 e. The molecule has 0 unspecified atom stereocenters. The van der Waals surface area contributed by atoms with Gasteiger partial charge in [-0.15, -0.1) is 0 Å². The molecule has 0 aliphatic rings. The summed E-state index contributed by atoms with van der Waals surface area (Å²) in [6.45, 7) is 2.08. The molecular formula is C17H15NOS. The highest BCUT2D eigenvalue weighted by Gasteiger charge is 2.03. The Labute approximate surface area is 123 Å². The van der Waals surface area contributed by atoms with Crippen molar-refractivity contribution in [3.63, 3.8) is 0 Å². The molecule has 0 aliphatic heterocycles. The number of nitrogens with one attached hydrogen (secondary N) is 1. The predicted octanol–water partition coefficient (Wildman–Crippen LogP) is 4.88. The number of fused-ring (bicyclic) bond motifs is 1. The number of aromatic amines is 1. The van der Waals surface area contributed by atoms with Gasteiger partial charge in [-0.3, -0.25) is 0 Å². The molecule has 0 fully saturated rings. The molecule has 1 aromatic heterocycles. The van der Waals surface area contributed by atoms with Crippen LogP contribution in [0.3, 0.4) is 0 Å². The smallest absolute Gasteiger partial charge is 0.119 e. The normalized spacial score (nSPS) is 10.7. The van der Waals surface area contributed by atoms with Crippen LogP contribution in [0.15, 0.2) is 48.5 Å². The molecule has 0 saturated carbocycles. The van der Waals surface area contributed by atoms with Gasteiger partial charge in [0.15, 0.2) is 0 Å². The Morgan fingerprint density at radius 1 is 1.00 bits per heavy atom. The van der Waals surface area contributed by atoms with Crippen LogP contribution in [-0.4, -0.2) is 12.1 Å². The van der Waals surface area contributed by atoms with Crippen molar-refractivity contribution in [1.29, 1.82) is 0 Å². The molecule has 1 heterocycles. The fourth-order valence-corrected chi connectivity index (χ4v) is 2.54. The Balaban J connectivity index is 2.19. The van der Waals surface area contributed by atoms with Gasteiger partial charge in [-0.2, -0.15) is 0 Å². The Morgan fingerprint density at radius 2 is 1.75 bits per heavy atom. The van der Waals surface area contributed by atoms with E-state index in [2.05, 4.69) is 42.2 Å². The van der Waals surface area contributed by atoms with E-state index in [4.69, 9.17) is 17.0 Å². The molecular weight excluding hydrogens is 266 g/mol. The lowest BCUT2D eigenvalue weighted by Crippen LogP contribution is -1.88. The third kappa shape index (κ3) is 2.32. The van der Waals surface area contributed by atoms with Crippen molar-refractivity contribution in [2.75, 3.05) is 7.11 Å². The van der Waals surface area contributed by atoms with Crippen LogP contribution in [0.25, 0.3) is 22.0 Å². The molecule has 0 atom stereocenters. The molecule has 3 rings (SSSR count). The van der Waals surface area contributed by atoms with Crippen LogP contribution in [0.2, 0.25) is 0 Å². The highest BCUT2D eigenvalue weighted by atomic mass is 32.1. The molecule has 0 saturated heterocycles. The third-order valence-corrected chi connectivity index (χ3v) is 3.74. The minimum atomic E-state index is 0.733. The van der Waals surface area contributed by atoms with Crippen LogP contribution in [0, 0.1) is 11.6 Å². The minimum absolute atomic E-state index is 0.733. The maximum atomic E-state index is 5.46. The molecule has 0 bridgehead atoms. The summed E-state index contributed by atoms with van der Waals surface area (Å²) in [4.78, 5) is 3.30. The Hall–Kier alpha value is -2.13. The van der Waals surface area contributed by atoms with E-state index in [9.17, 15) is 0 Å². The van der Waals surface area contributed by atoms with Crippen molar-refractivity contribution >= 4 is 23.0 Å². The third-order valence-electron chi connectivity index (χ3n) is 3.42. The lowest BCUT2D eigenvalue weighted by molar-refractivity contribution is 0.415. The highest BCUT2D eigenvalue weighted by molar-refractivity contribution is 7.71. The highest BCUT2D eigenvalue weighted by Crippen LogP contribution is 2.26. The molecule has 2 nitrogen and oxygen atoms in total. The first-order chi connectivity index (χ1) is 9.67. The first kappa shape index (κ1) is 12.9. The monoisotopic (exact) mass is 281 g/mol. The fraction of sp³-hybridized carbons (Fsp3) is 0.118. The van der Waals surface area contributed by atoms with Gasteiger partial charge in [-0.05, 0) is 36.1 Å². The number of H-pyrrole nitrogens is 1. The first-order valence-corrected chi connectivity index (χ1v) is 6.86. The Bertz CT molecular complexity index is 819. The lowest BCUT2D eigenvalue weighted by Gasteiger charge is -2.07. The average molecular weight is 281 g/mol.